The monoisotopic (exact) mass is 316 g/mol. The second-order valence-electron chi connectivity index (χ2n) is 5.02. The van der Waals surface area contributed by atoms with Crippen LogP contribution in [0.2, 0.25) is 0 Å². The van der Waals surface area contributed by atoms with Gasteiger partial charge >= 0.3 is 0 Å². The maximum Gasteiger partial charge on any atom is 0.274 e. The van der Waals surface area contributed by atoms with Crippen LogP contribution < -0.4 is 22.3 Å². The highest BCUT2D eigenvalue weighted by Crippen LogP contribution is 2.18. The van der Waals surface area contributed by atoms with Crippen molar-refractivity contribution in [3.8, 4) is 0 Å². The summed E-state index contributed by atoms with van der Waals surface area (Å²) in [6.45, 7) is 1.92. The summed E-state index contributed by atoms with van der Waals surface area (Å²) in [5.74, 6) is -2.12. The summed E-state index contributed by atoms with van der Waals surface area (Å²) in [6, 6.07) is 6.92. The zero-order valence-electron chi connectivity index (χ0n) is 12.4. The molecule has 1 aromatic rings. The average Bonchev–Trinajstić information content (AvgIpc) is 2.47. The summed E-state index contributed by atoms with van der Waals surface area (Å²) in [4.78, 5) is 33.2. The number of nitrogens with one attached hydrogen (secondary N) is 2. The number of primary amides is 2. The molecule has 0 saturated carbocycles. The van der Waals surface area contributed by atoms with E-state index in [-0.39, 0.29) is 11.8 Å². The van der Waals surface area contributed by atoms with Gasteiger partial charge in [0.15, 0.2) is 0 Å². The molecule has 0 spiro atoms. The number of benzene rings is 1. The van der Waals surface area contributed by atoms with E-state index in [0.29, 0.717) is 12.1 Å². The molecule has 0 aliphatic carbocycles. The summed E-state index contributed by atoms with van der Waals surface area (Å²) < 4.78 is 0. The van der Waals surface area contributed by atoms with Crippen molar-refractivity contribution in [3.05, 3.63) is 29.8 Å². The summed E-state index contributed by atoms with van der Waals surface area (Å²) in [5.41, 5.74) is 16.5. The zero-order valence-corrected chi connectivity index (χ0v) is 12.4. The highest BCUT2D eigenvalue weighted by molar-refractivity contribution is 6.64. The number of hydrogen-bond acceptors (Lipinski definition) is 6. The van der Waals surface area contributed by atoms with Gasteiger partial charge in [0, 0.05) is 12.3 Å². The molecule has 9 heteroatoms. The number of amides is 3. The number of hydrazone groups is 2. The second-order valence-corrected chi connectivity index (χ2v) is 5.02. The van der Waals surface area contributed by atoms with Crippen molar-refractivity contribution in [2.75, 3.05) is 5.43 Å². The maximum absolute atomic E-state index is 11.2. The molecule has 23 heavy (non-hydrogen) atoms. The molecule has 0 unspecified atom stereocenters. The van der Waals surface area contributed by atoms with Crippen LogP contribution in [0.25, 0.3) is 0 Å². The predicted molar refractivity (Wildman–Crippen MR) is 84.3 cm³/mol. The lowest BCUT2D eigenvalue weighted by Gasteiger charge is -2.19. The lowest BCUT2D eigenvalue weighted by molar-refractivity contribution is -0.122. The number of nitrogens with zero attached hydrogens (tertiary/aromatic N) is 2. The minimum absolute atomic E-state index is 0.0110. The van der Waals surface area contributed by atoms with E-state index in [1.807, 2.05) is 6.92 Å². The van der Waals surface area contributed by atoms with Gasteiger partial charge in [0.25, 0.3) is 11.8 Å². The Labute approximate surface area is 131 Å². The van der Waals surface area contributed by atoms with Crippen LogP contribution in [0.5, 0.6) is 0 Å². The molecule has 1 heterocycles. The number of hydrogen-bond donors (Lipinski definition) is 4. The van der Waals surface area contributed by atoms with Crippen molar-refractivity contribution in [3.63, 3.8) is 0 Å². The first-order valence-electron chi connectivity index (χ1n) is 6.78. The lowest BCUT2D eigenvalue weighted by atomic mass is 9.94. The smallest absolute Gasteiger partial charge is 0.274 e. The normalized spacial score (nSPS) is 16.8. The van der Waals surface area contributed by atoms with Crippen LogP contribution in [0.15, 0.2) is 34.5 Å². The number of carbonyl (C=O) groups is 3. The molecule has 1 aliphatic rings. The third kappa shape index (κ3) is 3.90. The molecule has 9 nitrogen and oxygen atoms in total. The second kappa shape index (κ2) is 6.69. The van der Waals surface area contributed by atoms with Gasteiger partial charge in [-0.15, -0.1) is 0 Å². The van der Waals surface area contributed by atoms with E-state index in [1.54, 1.807) is 24.3 Å². The molecule has 2 rings (SSSR count). The Morgan fingerprint density at radius 2 is 1.87 bits per heavy atom. The Morgan fingerprint density at radius 3 is 2.39 bits per heavy atom. The first-order valence-corrected chi connectivity index (χ1v) is 6.78. The summed E-state index contributed by atoms with van der Waals surface area (Å²) in [7, 11) is 0. The van der Waals surface area contributed by atoms with Crippen LogP contribution in [0.4, 0.5) is 5.69 Å². The van der Waals surface area contributed by atoms with E-state index in [9.17, 15) is 14.4 Å². The van der Waals surface area contributed by atoms with Gasteiger partial charge in [-0.25, -0.2) is 5.43 Å². The quantitative estimate of drug-likeness (QED) is 0.322. The van der Waals surface area contributed by atoms with E-state index >= 15 is 0 Å². The van der Waals surface area contributed by atoms with E-state index in [1.165, 1.54) is 0 Å². The lowest BCUT2D eigenvalue weighted by Crippen LogP contribution is -2.36. The Bertz CT molecular complexity index is 692. The van der Waals surface area contributed by atoms with Gasteiger partial charge in [0.1, 0.15) is 0 Å². The van der Waals surface area contributed by atoms with Crippen molar-refractivity contribution in [2.45, 2.75) is 13.3 Å². The Hall–Kier alpha value is -3.23. The number of rotatable bonds is 5. The van der Waals surface area contributed by atoms with Crippen molar-refractivity contribution in [1.29, 1.82) is 0 Å². The van der Waals surface area contributed by atoms with Crippen molar-refractivity contribution >= 4 is 34.8 Å². The van der Waals surface area contributed by atoms with Gasteiger partial charge < -0.3 is 11.5 Å². The average molecular weight is 316 g/mol. The molecule has 1 aromatic carbocycles. The van der Waals surface area contributed by atoms with Crippen LogP contribution in [0.1, 0.15) is 18.9 Å². The molecule has 0 aromatic heterocycles. The van der Waals surface area contributed by atoms with Crippen LogP contribution in [0, 0.1) is 5.92 Å². The van der Waals surface area contributed by atoms with Gasteiger partial charge in [-0.1, -0.05) is 19.1 Å². The predicted octanol–water partition coefficient (Wildman–Crippen LogP) is -0.715. The largest absolute Gasteiger partial charge is 0.364 e. The molecular weight excluding hydrogens is 300 g/mol. The topological polar surface area (TPSA) is 152 Å². The Kier molecular flexibility index (Phi) is 4.69. The SMILES string of the molecule is C[C@H]1CC(=O)NN=C1c1ccc(NN=C(C(N)=O)C(N)=O)cc1. The fourth-order valence-corrected chi connectivity index (χ4v) is 2.07. The first kappa shape index (κ1) is 16.1. The Balaban J connectivity index is 2.14. The minimum Gasteiger partial charge on any atom is -0.364 e. The molecule has 0 radical (unpaired) electrons. The van der Waals surface area contributed by atoms with E-state index in [0.717, 1.165) is 11.3 Å². The number of carbonyl (C=O) groups excluding carboxylic acids is 3. The molecule has 0 fully saturated rings. The van der Waals surface area contributed by atoms with Crippen molar-refractivity contribution in [2.24, 2.45) is 27.6 Å². The highest BCUT2D eigenvalue weighted by Gasteiger charge is 2.21. The van der Waals surface area contributed by atoms with Gasteiger partial charge in [-0.2, -0.15) is 10.2 Å². The first-order chi connectivity index (χ1) is 10.9. The molecule has 3 amide bonds. The molecule has 120 valence electrons. The van der Waals surface area contributed by atoms with E-state index < -0.39 is 17.5 Å². The number of anilines is 1. The third-order valence-corrected chi connectivity index (χ3v) is 3.20. The van der Waals surface area contributed by atoms with Gasteiger partial charge in [-0.3, -0.25) is 19.8 Å². The van der Waals surface area contributed by atoms with Gasteiger partial charge in [-0.05, 0) is 17.7 Å². The zero-order chi connectivity index (χ0) is 17.0. The van der Waals surface area contributed by atoms with Crippen LogP contribution in [0.3, 0.4) is 0 Å². The summed E-state index contributed by atoms with van der Waals surface area (Å²) >= 11 is 0. The number of nitrogens with two attached hydrogens (primary N) is 2. The van der Waals surface area contributed by atoms with Crippen LogP contribution in [-0.2, 0) is 14.4 Å². The molecular formula is C14H16N6O3. The van der Waals surface area contributed by atoms with Crippen LogP contribution >= 0.6 is 0 Å². The van der Waals surface area contributed by atoms with Crippen LogP contribution in [-0.4, -0.2) is 29.1 Å². The summed E-state index contributed by atoms with van der Waals surface area (Å²) in [5, 5.41) is 7.65. The molecule has 0 bridgehead atoms. The van der Waals surface area contributed by atoms with E-state index in [4.69, 9.17) is 11.5 Å². The van der Waals surface area contributed by atoms with Crippen molar-refractivity contribution in [1.82, 2.24) is 5.43 Å². The molecule has 6 N–H and O–H groups in total. The molecule has 1 atom stereocenters. The Morgan fingerprint density at radius 1 is 1.26 bits per heavy atom. The fraction of sp³-hybridized carbons (Fsp3) is 0.214. The summed E-state index contributed by atoms with van der Waals surface area (Å²) in [6.07, 6.45) is 0.379. The fourth-order valence-electron chi connectivity index (χ4n) is 2.07. The highest BCUT2D eigenvalue weighted by atomic mass is 16.2. The third-order valence-electron chi connectivity index (χ3n) is 3.20. The maximum atomic E-state index is 11.2. The minimum atomic E-state index is -1.01. The molecule has 1 aliphatic heterocycles. The van der Waals surface area contributed by atoms with Gasteiger partial charge in [0.05, 0.1) is 11.4 Å². The standard InChI is InChI=1S/C14H16N6O3/c1-7-6-10(21)18-19-11(7)8-2-4-9(5-3-8)17-20-12(13(15)22)14(16)23/h2-5,7,17H,6H2,1H3,(H2,15,22)(H2,16,23)(H,18,21)/t7-/m0/s1. The van der Waals surface area contributed by atoms with E-state index in [2.05, 4.69) is 21.1 Å². The van der Waals surface area contributed by atoms with Gasteiger partial charge in [0.2, 0.25) is 11.6 Å². The molecule has 0 saturated heterocycles. The van der Waals surface area contributed by atoms with Crippen molar-refractivity contribution < 1.29 is 14.4 Å².